The second-order valence-electron chi connectivity index (χ2n) is 9.23. The van der Waals surface area contributed by atoms with Gasteiger partial charge in [-0.25, -0.2) is 4.68 Å². The lowest BCUT2D eigenvalue weighted by Crippen LogP contribution is -2.56. The van der Waals surface area contributed by atoms with Crippen LogP contribution in [-0.2, 0) is 11.3 Å². The summed E-state index contributed by atoms with van der Waals surface area (Å²) in [6.07, 6.45) is 7.79. The van der Waals surface area contributed by atoms with Gasteiger partial charge in [-0.3, -0.25) is 9.59 Å². The van der Waals surface area contributed by atoms with Gasteiger partial charge in [0.25, 0.3) is 5.56 Å². The van der Waals surface area contributed by atoms with Crippen molar-refractivity contribution in [2.45, 2.75) is 71.9 Å². The molecule has 4 fully saturated rings. The third kappa shape index (κ3) is 3.07. The van der Waals surface area contributed by atoms with Crippen molar-refractivity contribution in [3.05, 3.63) is 27.2 Å². The minimum atomic E-state index is -0.488. The summed E-state index contributed by atoms with van der Waals surface area (Å²) in [6, 6.07) is 2.05. The molecule has 4 bridgehead atoms. The number of hydrogen-bond donors (Lipinski definition) is 1. The van der Waals surface area contributed by atoms with Crippen molar-refractivity contribution in [2.24, 2.45) is 23.2 Å². The number of carbonyl (C=O) groups is 1. The van der Waals surface area contributed by atoms with Crippen molar-refractivity contribution in [3.63, 3.8) is 0 Å². The van der Waals surface area contributed by atoms with Crippen molar-refractivity contribution in [1.29, 1.82) is 5.26 Å². The second kappa shape index (κ2) is 6.47. The number of rotatable bonds is 4. The monoisotopic (exact) mass is 368 g/mol. The first-order chi connectivity index (χ1) is 12.8. The van der Waals surface area contributed by atoms with Gasteiger partial charge in [0.1, 0.15) is 18.2 Å². The average molecular weight is 368 g/mol. The van der Waals surface area contributed by atoms with Crippen LogP contribution in [0.1, 0.15) is 62.3 Å². The van der Waals surface area contributed by atoms with E-state index in [9.17, 15) is 14.9 Å². The van der Waals surface area contributed by atoms with Crippen LogP contribution in [0, 0.1) is 48.3 Å². The predicted octanol–water partition coefficient (Wildman–Crippen LogP) is 2.45. The molecule has 0 spiro atoms. The highest BCUT2D eigenvalue weighted by Crippen LogP contribution is 2.61. The molecule has 6 nitrogen and oxygen atoms in total. The first-order valence-corrected chi connectivity index (χ1v) is 10.1. The van der Waals surface area contributed by atoms with E-state index in [0.29, 0.717) is 11.3 Å². The Morgan fingerprint density at radius 2 is 1.81 bits per heavy atom. The minimum absolute atomic E-state index is 0.0735. The Morgan fingerprint density at radius 3 is 2.33 bits per heavy atom. The van der Waals surface area contributed by atoms with Crippen molar-refractivity contribution in [2.75, 3.05) is 0 Å². The smallest absolute Gasteiger partial charge is 0.285 e. The first-order valence-electron chi connectivity index (χ1n) is 10.1. The molecule has 0 aromatic carbocycles. The zero-order valence-corrected chi connectivity index (χ0v) is 16.4. The number of hydrogen-bond acceptors (Lipinski definition) is 4. The van der Waals surface area contributed by atoms with Gasteiger partial charge in [0.05, 0.1) is 5.69 Å². The van der Waals surface area contributed by atoms with E-state index in [1.165, 1.54) is 38.5 Å². The first kappa shape index (κ1) is 18.2. The van der Waals surface area contributed by atoms with Gasteiger partial charge >= 0.3 is 0 Å². The van der Waals surface area contributed by atoms with E-state index in [4.69, 9.17) is 0 Å². The van der Waals surface area contributed by atoms with Crippen LogP contribution in [0.4, 0.5) is 0 Å². The Hall–Kier alpha value is -2.16. The fourth-order valence-electron chi connectivity index (χ4n) is 6.29. The quantitative estimate of drug-likeness (QED) is 0.884. The third-order valence-electron chi connectivity index (χ3n) is 7.42. The summed E-state index contributed by atoms with van der Waals surface area (Å²) in [5.41, 5.74) is 1.00. The summed E-state index contributed by atoms with van der Waals surface area (Å²) in [4.78, 5) is 25.1. The van der Waals surface area contributed by atoms with E-state index in [-0.39, 0.29) is 29.5 Å². The van der Waals surface area contributed by atoms with Gasteiger partial charge in [0.15, 0.2) is 0 Å². The van der Waals surface area contributed by atoms with E-state index >= 15 is 0 Å². The SMILES string of the molecule is Cc1nn(CC(=O)N[C@H](C)C23CC4CC(CC(C4)C2)C3)c(=O)c(C#N)c1C. The summed E-state index contributed by atoms with van der Waals surface area (Å²) in [5, 5.41) is 16.6. The molecule has 0 unspecified atom stereocenters. The zero-order valence-electron chi connectivity index (χ0n) is 16.4. The van der Waals surface area contributed by atoms with Gasteiger partial charge in [-0.15, -0.1) is 0 Å². The number of carbonyl (C=O) groups excluding carboxylic acids is 1. The summed E-state index contributed by atoms with van der Waals surface area (Å²) >= 11 is 0. The number of nitriles is 1. The predicted molar refractivity (Wildman–Crippen MR) is 101 cm³/mol. The zero-order chi connectivity index (χ0) is 19.3. The lowest BCUT2D eigenvalue weighted by Gasteiger charge is -2.59. The molecule has 0 saturated heterocycles. The maximum atomic E-state index is 12.7. The lowest BCUT2D eigenvalue weighted by atomic mass is 9.48. The van der Waals surface area contributed by atoms with Crippen LogP contribution in [0.15, 0.2) is 4.79 Å². The van der Waals surface area contributed by atoms with Crippen molar-refractivity contribution in [1.82, 2.24) is 15.1 Å². The molecule has 0 aliphatic heterocycles. The third-order valence-corrected chi connectivity index (χ3v) is 7.42. The molecule has 4 aliphatic carbocycles. The molecule has 4 aliphatic rings. The van der Waals surface area contributed by atoms with Crippen LogP contribution in [0.2, 0.25) is 0 Å². The molecule has 4 saturated carbocycles. The Morgan fingerprint density at radius 1 is 1.26 bits per heavy atom. The molecular weight excluding hydrogens is 340 g/mol. The highest BCUT2D eigenvalue weighted by atomic mass is 16.2. The van der Waals surface area contributed by atoms with Gasteiger partial charge in [-0.05, 0) is 88.0 Å². The molecule has 1 aromatic heterocycles. The number of amides is 1. The molecule has 0 radical (unpaired) electrons. The molecule has 144 valence electrons. The largest absolute Gasteiger partial charge is 0.351 e. The Labute approximate surface area is 160 Å². The van der Waals surface area contributed by atoms with Crippen molar-refractivity contribution >= 4 is 5.91 Å². The lowest BCUT2D eigenvalue weighted by molar-refractivity contribution is -0.126. The van der Waals surface area contributed by atoms with Crippen molar-refractivity contribution in [3.8, 4) is 6.07 Å². The second-order valence-corrected chi connectivity index (χ2v) is 9.23. The van der Waals surface area contributed by atoms with Gasteiger partial charge < -0.3 is 5.32 Å². The van der Waals surface area contributed by atoms with Gasteiger partial charge in [-0.1, -0.05) is 0 Å². The van der Waals surface area contributed by atoms with E-state index < -0.39 is 5.56 Å². The molecule has 1 heterocycles. The molecule has 1 amide bonds. The fraction of sp³-hybridized carbons (Fsp3) is 0.714. The number of nitrogens with zero attached hydrogens (tertiary/aromatic N) is 3. The van der Waals surface area contributed by atoms with Gasteiger partial charge in [0.2, 0.25) is 5.91 Å². The standard InChI is InChI=1S/C21H28N4O2/c1-12-13(2)24-25(20(27)18(12)10-22)11-19(26)23-14(3)21-7-15-4-16(8-21)6-17(5-15)9-21/h14-17H,4-9,11H2,1-3H3,(H,23,26)/t14-,15?,16?,17?,21?/m1/s1. The molecule has 6 heteroatoms. The van der Waals surface area contributed by atoms with E-state index in [1.807, 2.05) is 6.07 Å². The molecule has 27 heavy (non-hydrogen) atoms. The van der Waals surface area contributed by atoms with E-state index in [2.05, 4.69) is 17.3 Å². The molecule has 5 rings (SSSR count). The highest BCUT2D eigenvalue weighted by Gasteiger charge is 2.53. The van der Waals surface area contributed by atoms with Crippen molar-refractivity contribution < 1.29 is 4.79 Å². The molecule has 1 aromatic rings. The Balaban J connectivity index is 1.48. The van der Waals surface area contributed by atoms with E-state index in [1.54, 1.807) is 13.8 Å². The maximum Gasteiger partial charge on any atom is 0.285 e. The fourth-order valence-corrected chi connectivity index (χ4v) is 6.29. The van der Waals surface area contributed by atoms with E-state index in [0.717, 1.165) is 22.4 Å². The van der Waals surface area contributed by atoms with Gasteiger partial charge in [0, 0.05) is 6.04 Å². The van der Waals surface area contributed by atoms with Crippen LogP contribution in [0.25, 0.3) is 0 Å². The normalized spacial score (nSPS) is 32.1. The summed E-state index contributed by atoms with van der Waals surface area (Å²) in [7, 11) is 0. The minimum Gasteiger partial charge on any atom is -0.351 e. The summed E-state index contributed by atoms with van der Waals surface area (Å²) in [6.45, 7) is 5.46. The highest BCUT2D eigenvalue weighted by molar-refractivity contribution is 5.76. The van der Waals surface area contributed by atoms with Crippen LogP contribution >= 0.6 is 0 Å². The topological polar surface area (TPSA) is 87.8 Å². The van der Waals surface area contributed by atoms with Crippen LogP contribution in [0.5, 0.6) is 0 Å². The number of aryl methyl sites for hydroxylation is 1. The number of aromatic nitrogens is 2. The van der Waals surface area contributed by atoms with Gasteiger partial charge in [-0.2, -0.15) is 10.4 Å². The van der Waals surface area contributed by atoms with Crippen LogP contribution < -0.4 is 10.9 Å². The summed E-state index contributed by atoms with van der Waals surface area (Å²) in [5.74, 6) is 2.30. The average Bonchev–Trinajstić information content (AvgIpc) is 2.59. The summed E-state index contributed by atoms with van der Waals surface area (Å²) < 4.78 is 1.13. The maximum absolute atomic E-state index is 12.7. The molecular formula is C21H28N4O2. The molecule has 1 atom stereocenters. The number of nitrogens with one attached hydrogen (secondary N) is 1. The Bertz CT molecular complexity index is 844. The molecule has 1 N–H and O–H groups in total. The van der Waals surface area contributed by atoms with Crippen LogP contribution in [-0.4, -0.2) is 21.7 Å². The van der Waals surface area contributed by atoms with Crippen LogP contribution in [0.3, 0.4) is 0 Å². The Kier molecular flexibility index (Phi) is 4.37.